The van der Waals surface area contributed by atoms with E-state index in [1.165, 1.54) is 0 Å². The Morgan fingerprint density at radius 3 is 2.70 bits per heavy atom. The van der Waals surface area contributed by atoms with Crippen LogP contribution in [0.5, 0.6) is 0 Å². The minimum Gasteiger partial charge on any atom is -0.481 e. The quantitative estimate of drug-likeness (QED) is 0.367. The molecule has 2 N–H and O–H groups in total. The van der Waals surface area contributed by atoms with Crippen LogP contribution in [-0.4, -0.2) is 59.5 Å². The van der Waals surface area contributed by atoms with E-state index in [1.54, 1.807) is 11.1 Å². The summed E-state index contributed by atoms with van der Waals surface area (Å²) in [5, 5.41) is 17.2. The van der Waals surface area contributed by atoms with Gasteiger partial charge in [-0.2, -0.15) is 5.10 Å². The first-order valence-electron chi connectivity index (χ1n) is 10.7. The lowest BCUT2D eigenvalue weighted by molar-refractivity contribution is -0.144. The van der Waals surface area contributed by atoms with Crippen LogP contribution in [0.2, 0.25) is 0 Å². The number of hydrazone groups is 1. The highest BCUT2D eigenvalue weighted by Crippen LogP contribution is 2.24. The van der Waals surface area contributed by atoms with Gasteiger partial charge in [-0.15, -0.1) is 0 Å². The molecule has 3 rings (SSSR count). The zero-order valence-corrected chi connectivity index (χ0v) is 17.4. The van der Waals surface area contributed by atoms with E-state index in [9.17, 15) is 9.59 Å². The van der Waals surface area contributed by atoms with Crippen molar-refractivity contribution in [2.75, 3.05) is 19.6 Å². The highest BCUT2D eigenvalue weighted by Gasteiger charge is 2.34. The van der Waals surface area contributed by atoms with E-state index in [4.69, 9.17) is 9.94 Å². The third kappa shape index (κ3) is 6.05. The van der Waals surface area contributed by atoms with Gasteiger partial charge in [0.15, 0.2) is 0 Å². The van der Waals surface area contributed by atoms with Crippen LogP contribution in [0.4, 0.5) is 0 Å². The van der Waals surface area contributed by atoms with E-state index in [0.29, 0.717) is 19.5 Å². The van der Waals surface area contributed by atoms with Crippen molar-refractivity contribution < 1.29 is 19.5 Å². The van der Waals surface area contributed by atoms with Crippen LogP contribution in [0.1, 0.15) is 56.6 Å². The average molecular weight is 415 g/mol. The van der Waals surface area contributed by atoms with Gasteiger partial charge in [0.2, 0.25) is 6.10 Å². The maximum absolute atomic E-state index is 12.7. The van der Waals surface area contributed by atoms with Crippen molar-refractivity contribution >= 4 is 23.8 Å². The number of nitrogens with one attached hydrogen (secondary N) is 1. The topological polar surface area (TPSA) is 104 Å². The number of carbonyl (C=O) groups excluding carboxylic acids is 1. The smallest absolute Gasteiger partial charge is 0.303 e. The molecule has 8 heteroatoms. The van der Waals surface area contributed by atoms with E-state index >= 15 is 0 Å². The number of carboxylic acids is 1. The molecule has 0 aliphatic carbocycles. The van der Waals surface area contributed by atoms with E-state index in [-0.39, 0.29) is 18.2 Å². The van der Waals surface area contributed by atoms with Crippen LogP contribution in [0.25, 0.3) is 0 Å². The second-order valence-electron chi connectivity index (χ2n) is 7.84. The molecule has 1 fully saturated rings. The number of piperidine rings is 1. The van der Waals surface area contributed by atoms with E-state index < -0.39 is 12.1 Å². The lowest BCUT2D eigenvalue weighted by atomic mass is 9.93. The molecule has 1 amide bonds. The molecule has 1 aromatic rings. The van der Waals surface area contributed by atoms with Gasteiger partial charge in [0.05, 0.1) is 11.9 Å². The number of benzene rings is 1. The highest BCUT2D eigenvalue weighted by molar-refractivity contribution is 6.04. The zero-order valence-electron chi connectivity index (χ0n) is 17.4. The van der Waals surface area contributed by atoms with Crippen LogP contribution >= 0.6 is 0 Å². The second kappa shape index (κ2) is 10.8. The number of carbonyl (C=O) groups is 2. The second-order valence-corrected chi connectivity index (χ2v) is 7.84. The minimum absolute atomic E-state index is 0.0653. The summed E-state index contributed by atoms with van der Waals surface area (Å²) in [5.74, 6) is -0.696. The first kappa shape index (κ1) is 21.8. The molecule has 0 radical (unpaired) electrons. The maximum Gasteiger partial charge on any atom is 0.303 e. The zero-order chi connectivity index (χ0) is 21.3. The number of unbranched alkanes of at least 4 members (excludes halogenated alkanes) is 1. The summed E-state index contributed by atoms with van der Waals surface area (Å²) in [5.41, 5.74) is 5.70. The van der Waals surface area contributed by atoms with Gasteiger partial charge in [-0.3, -0.25) is 9.59 Å². The molecule has 0 bridgehead atoms. The van der Waals surface area contributed by atoms with Gasteiger partial charge in [0.25, 0.3) is 5.91 Å². The molecular formula is C22H30N4O4. The van der Waals surface area contributed by atoms with E-state index in [1.807, 2.05) is 24.3 Å². The number of hydrogen-bond donors (Lipinski definition) is 2. The summed E-state index contributed by atoms with van der Waals surface area (Å²) < 4.78 is 0. The molecule has 0 spiro atoms. The number of carboxylic acid groups (broad SMARTS) is 1. The van der Waals surface area contributed by atoms with Gasteiger partial charge in [0.1, 0.15) is 0 Å². The van der Waals surface area contributed by atoms with Crippen molar-refractivity contribution in [3.05, 3.63) is 35.4 Å². The summed E-state index contributed by atoms with van der Waals surface area (Å²) in [7, 11) is 0. The molecule has 2 heterocycles. The number of hydrogen-bond acceptors (Lipinski definition) is 6. The molecular weight excluding hydrogens is 384 g/mol. The first-order chi connectivity index (χ1) is 14.6. The van der Waals surface area contributed by atoms with Crippen molar-refractivity contribution in [1.29, 1.82) is 0 Å². The molecule has 2 aliphatic heterocycles. The maximum atomic E-state index is 12.7. The first-order valence-corrected chi connectivity index (χ1v) is 10.7. The number of nitrogens with zero attached hydrogens (tertiary/aromatic N) is 3. The largest absolute Gasteiger partial charge is 0.481 e. The molecule has 1 unspecified atom stereocenters. The molecule has 1 atom stereocenters. The van der Waals surface area contributed by atoms with Crippen molar-refractivity contribution in [2.24, 2.45) is 16.2 Å². The molecule has 162 valence electrons. The van der Waals surface area contributed by atoms with Crippen LogP contribution in [-0.2, 0) is 14.4 Å². The van der Waals surface area contributed by atoms with Gasteiger partial charge < -0.3 is 20.3 Å². The molecule has 2 aliphatic rings. The summed E-state index contributed by atoms with van der Waals surface area (Å²) in [6, 6.07) is 7.84. The fourth-order valence-electron chi connectivity index (χ4n) is 3.69. The Labute approximate surface area is 177 Å². The number of rotatable bonds is 9. The summed E-state index contributed by atoms with van der Waals surface area (Å²) in [6.45, 7) is 4.16. The third-order valence-corrected chi connectivity index (χ3v) is 5.52. The van der Waals surface area contributed by atoms with Crippen molar-refractivity contribution in [3.8, 4) is 0 Å². The van der Waals surface area contributed by atoms with Crippen LogP contribution in [0.3, 0.4) is 0 Å². The Morgan fingerprint density at radius 1 is 1.30 bits per heavy atom. The Balaban J connectivity index is 1.46. The van der Waals surface area contributed by atoms with E-state index in [0.717, 1.165) is 49.1 Å². The molecule has 0 aromatic heterocycles. The van der Waals surface area contributed by atoms with Gasteiger partial charge in [0, 0.05) is 32.5 Å². The van der Waals surface area contributed by atoms with Crippen LogP contribution in [0.15, 0.2) is 34.5 Å². The average Bonchev–Trinajstić information content (AvgIpc) is 3.24. The fraction of sp³-hybridized carbons (Fsp3) is 0.545. The minimum atomic E-state index is -0.776. The molecule has 0 saturated carbocycles. The normalized spacial score (nSPS) is 19.6. The van der Waals surface area contributed by atoms with Gasteiger partial charge in [-0.25, -0.2) is 0 Å². The van der Waals surface area contributed by atoms with Crippen LogP contribution < -0.4 is 5.43 Å². The lowest BCUT2D eigenvalue weighted by Gasteiger charge is -2.32. The summed E-state index contributed by atoms with van der Waals surface area (Å²) in [4.78, 5) is 30.8. The number of oxime groups is 1. The standard InChI is InChI=1S/C22H30N4O4/c1-2-3-10-23-24-15-17-4-6-18(7-5-17)19-14-20(30-25-19)22(29)26-11-8-16(9-12-26)13-21(27)28/h4-7,15-16,20,23H,2-3,8-14H2,1H3,(H,27,28). The van der Waals surface area contributed by atoms with Gasteiger partial charge >= 0.3 is 5.97 Å². The van der Waals surface area contributed by atoms with Gasteiger partial charge in [-0.1, -0.05) is 42.8 Å². The number of aliphatic carboxylic acids is 1. The molecule has 30 heavy (non-hydrogen) atoms. The van der Waals surface area contributed by atoms with Crippen molar-refractivity contribution in [2.45, 2.75) is 51.6 Å². The lowest BCUT2D eigenvalue weighted by Crippen LogP contribution is -2.44. The van der Waals surface area contributed by atoms with Gasteiger partial charge in [-0.05, 0) is 36.3 Å². The predicted molar refractivity (Wildman–Crippen MR) is 115 cm³/mol. The Hall–Kier alpha value is -2.90. The number of amides is 1. The predicted octanol–water partition coefficient (Wildman–Crippen LogP) is 2.62. The Bertz CT molecular complexity index is 783. The SMILES string of the molecule is CCCCNN=Cc1ccc(C2=NOC(C(=O)N3CCC(CC(=O)O)CC3)C2)cc1. The molecule has 1 saturated heterocycles. The van der Waals surface area contributed by atoms with Crippen molar-refractivity contribution in [1.82, 2.24) is 10.3 Å². The fourth-order valence-corrected chi connectivity index (χ4v) is 3.69. The summed E-state index contributed by atoms with van der Waals surface area (Å²) in [6.07, 6.45) is 5.46. The van der Waals surface area contributed by atoms with Crippen LogP contribution in [0, 0.1) is 5.92 Å². The van der Waals surface area contributed by atoms with Crippen molar-refractivity contribution in [3.63, 3.8) is 0 Å². The Morgan fingerprint density at radius 2 is 2.03 bits per heavy atom. The third-order valence-electron chi connectivity index (χ3n) is 5.52. The molecule has 1 aromatic carbocycles. The monoisotopic (exact) mass is 414 g/mol. The highest BCUT2D eigenvalue weighted by atomic mass is 16.6. The van der Waals surface area contributed by atoms with E-state index in [2.05, 4.69) is 22.6 Å². The molecule has 8 nitrogen and oxygen atoms in total. The summed E-state index contributed by atoms with van der Waals surface area (Å²) >= 11 is 0. The number of likely N-dealkylation sites (tertiary alicyclic amines) is 1. The Kier molecular flexibility index (Phi) is 7.82.